The first-order valence-corrected chi connectivity index (χ1v) is 9.66. The van der Waals surface area contributed by atoms with E-state index >= 15 is 0 Å². The van der Waals surface area contributed by atoms with Crippen molar-refractivity contribution in [2.75, 3.05) is 0 Å². The van der Waals surface area contributed by atoms with Gasteiger partial charge in [0.2, 0.25) is 5.88 Å². The molecule has 2 N–H and O–H groups in total. The standard InChI is InChI=1S/C23H14Cl2N2O3/c24-15-5-1-13(2-6-15)21-18-10-9-17(11-20(18)30-22(27)19(21)12-26)29-23(28)14-3-7-16(25)8-4-14/h1-11,21H,27H2. The second kappa shape index (κ2) is 8.11. The lowest BCUT2D eigenvalue weighted by molar-refractivity contribution is 0.0734. The molecule has 0 bridgehead atoms. The van der Waals surface area contributed by atoms with Gasteiger partial charge in [-0.15, -0.1) is 0 Å². The fourth-order valence-electron chi connectivity index (χ4n) is 3.25. The molecule has 3 aromatic carbocycles. The smallest absolute Gasteiger partial charge is 0.343 e. The van der Waals surface area contributed by atoms with Crippen molar-refractivity contribution >= 4 is 29.2 Å². The maximum absolute atomic E-state index is 12.4. The third-order valence-corrected chi connectivity index (χ3v) is 5.19. The van der Waals surface area contributed by atoms with Gasteiger partial charge >= 0.3 is 5.97 Å². The van der Waals surface area contributed by atoms with E-state index in [1.165, 1.54) is 0 Å². The number of carbonyl (C=O) groups is 1. The van der Waals surface area contributed by atoms with E-state index in [9.17, 15) is 10.1 Å². The highest BCUT2D eigenvalue weighted by atomic mass is 35.5. The molecule has 148 valence electrons. The number of benzene rings is 3. The lowest BCUT2D eigenvalue weighted by Crippen LogP contribution is -2.21. The normalized spacial score (nSPS) is 15.0. The number of ether oxygens (including phenoxy) is 2. The number of nitriles is 1. The predicted octanol–water partition coefficient (Wildman–Crippen LogP) is 5.43. The lowest BCUT2D eigenvalue weighted by Gasteiger charge is -2.26. The molecule has 0 amide bonds. The van der Waals surface area contributed by atoms with Crippen molar-refractivity contribution in [3.63, 3.8) is 0 Å². The molecular weight excluding hydrogens is 423 g/mol. The van der Waals surface area contributed by atoms with Crippen LogP contribution in [0.5, 0.6) is 11.5 Å². The van der Waals surface area contributed by atoms with Gasteiger partial charge < -0.3 is 15.2 Å². The number of hydrogen-bond acceptors (Lipinski definition) is 5. The number of halogens is 2. The SMILES string of the molecule is N#CC1=C(N)Oc2cc(OC(=O)c3ccc(Cl)cc3)ccc2C1c1ccc(Cl)cc1. The third-order valence-electron chi connectivity index (χ3n) is 4.68. The van der Waals surface area contributed by atoms with E-state index in [1.807, 2.05) is 12.1 Å². The molecule has 7 heteroatoms. The average Bonchev–Trinajstić information content (AvgIpc) is 2.74. The van der Waals surface area contributed by atoms with Crippen molar-refractivity contribution in [1.82, 2.24) is 0 Å². The molecule has 0 fully saturated rings. The molecule has 3 aromatic rings. The summed E-state index contributed by atoms with van der Waals surface area (Å²) < 4.78 is 11.1. The van der Waals surface area contributed by atoms with Crippen molar-refractivity contribution in [2.24, 2.45) is 5.73 Å². The van der Waals surface area contributed by atoms with Gasteiger partial charge in [-0.05, 0) is 48.0 Å². The van der Waals surface area contributed by atoms with Gasteiger partial charge in [-0.2, -0.15) is 5.26 Å². The van der Waals surface area contributed by atoms with Crippen LogP contribution in [0.25, 0.3) is 0 Å². The zero-order chi connectivity index (χ0) is 21.3. The third kappa shape index (κ3) is 3.84. The van der Waals surface area contributed by atoms with Crippen molar-refractivity contribution < 1.29 is 14.3 Å². The number of carbonyl (C=O) groups excluding carboxylic acids is 1. The van der Waals surface area contributed by atoms with Crippen LogP contribution in [0.3, 0.4) is 0 Å². The average molecular weight is 437 g/mol. The van der Waals surface area contributed by atoms with E-state index in [2.05, 4.69) is 6.07 Å². The fraction of sp³-hybridized carbons (Fsp3) is 0.0435. The van der Waals surface area contributed by atoms with Gasteiger partial charge in [0.25, 0.3) is 0 Å². The van der Waals surface area contributed by atoms with Crippen LogP contribution in [0, 0.1) is 11.3 Å². The van der Waals surface area contributed by atoms with Crippen molar-refractivity contribution in [3.05, 3.63) is 105 Å². The summed E-state index contributed by atoms with van der Waals surface area (Å²) in [4.78, 5) is 12.4. The molecule has 1 aliphatic heterocycles. The highest BCUT2D eigenvalue weighted by Gasteiger charge is 2.31. The molecule has 0 radical (unpaired) electrons. The van der Waals surface area contributed by atoms with Crippen LogP contribution >= 0.6 is 23.2 Å². The van der Waals surface area contributed by atoms with Crippen molar-refractivity contribution in [2.45, 2.75) is 5.92 Å². The van der Waals surface area contributed by atoms with Crippen molar-refractivity contribution in [3.8, 4) is 17.6 Å². The Hall–Kier alpha value is -3.46. The maximum atomic E-state index is 12.4. The number of nitrogens with two attached hydrogens (primary N) is 1. The quantitative estimate of drug-likeness (QED) is 0.436. The van der Waals surface area contributed by atoms with Gasteiger partial charge in [-0.3, -0.25) is 0 Å². The van der Waals surface area contributed by atoms with Crippen LogP contribution < -0.4 is 15.2 Å². The van der Waals surface area contributed by atoms with Crippen LogP contribution in [0.2, 0.25) is 10.0 Å². The fourth-order valence-corrected chi connectivity index (χ4v) is 3.50. The van der Waals surface area contributed by atoms with Crippen molar-refractivity contribution in [1.29, 1.82) is 5.26 Å². The van der Waals surface area contributed by atoms with E-state index in [-0.39, 0.29) is 11.6 Å². The molecule has 1 aliphatic rings. The molecule has 0 aliphatic carbocycles. The molecule has 0 saturated heterocycles. The number of esters is 1. The minimum absolute atomic E-state index is 0.00567. The molecule has 4 rings (SSSR count). The number of nitrogens with zero attached hydrogens (tertiary/aromatic N) is 1. The maximum Gasteiger partial charge on any atom is 0.343 e. The Balaban J connectivity index is 1.68. The first-order valence-electron chi connectivity index (χ1n) is 8.91. The van der Waals surface area contributed by atoms with E-state index < -0.39 is 11.9 Å². The molecule has 1 unspecified atom stereocenters. The molecule has 0 spiro atoms. The number of fused-ring (bicyclic) bond motifs is 1. The van der Waals surface area contributed by atoms with Gasteiger partial charge in [0.1, 0.15) is 23.1 Å². The minimum Gasteiger partial charge on any atom is -0.440 e. The van der Waals surface area contributed by atoms with Gasteiger partial charge in [-0.1, -0.05) is 41.4 Å². The molecule has 5 nitrogen and oxygen atoms in total. The van der Waals surface area contributed by atoms with E-state index in [0.717, 1.165) is 11.1 Å². The molecular formula is C23H14Cl2N2O3. The van der Waals surface area contributed by atoms with Crippen LogP contribution in [-0.2, 0) is 0 Å². The van der Waals surface area contributed by atoms with E-state index in [0.29, 0.717) is 26.9 Å². The zero-order valence-electron chi connectivity index (χ0n) is 15.4. The summed E-state index contributed by atoms with van der Waals surface area (Å²) >= 11 is 11.8. The summed E-state index contributed by atoms with van der Waals surface area (Å²) in [6, 6.07) is 20.7. The topological polar surface area (TPSA) is 85.3 Å². The van der Waals surface area contributed by atoms with Crippen LogP contribution in [0.15, 0.2) is 78.2 Å². The Morgan fingerprint density at radius 3 is 2.27 bits per heavy atom. The van der Waals surface area contributed by atoms with Gasteiger partial charge in [-0.25, -0.2) is 4.79 Å². The molecule has 30 heavy (non-hydrogen) atoms. The number of hydrogen-bond donors (Lipinski definition) is 1. The van der Waals surface area contributed by atoms with Gasteiger partial charge in [0.05, 0.1) is 11.5 Å². The molecule has 1 atom stereocenters. The number of rotatable bonds is 3. The Morgan fingerprint density at radius 1 is 1.00 bits per heavy atom. The summed E-state index contributed by atoms with van der Waals surface area (Å²) in [6.45, 7) is 0. The predicted molar refractivity (Wildman–Crippen MR) is 114 cm³/mol. The minimum atomic E-state index is -0.530. The highest BCUT2D eigenvalue weighted by molar-refractivity contribution is 6.30. The Kier molecular flexibility index (Phi) is 5.37. The van der Waals surface area contributed by atoms with Gasteiger partial charge in [0, 0.05) is 21.7 Å². The van der Waals surface area contributed by atoms with Crippen LogP contribution in [0.1, 0.15) is 27.4 Å². The summed E-state index contributed by atoms with van der Waals surface area (Å²) in [6.07, 6.45) is 0. The summed E-state index contributed by atoms with van der Waals surface area (Å²) in [5.74, 6) is -0.245. The summed E-state index contributed by atoms with van der Waals surface area (Å²) in [7, 11) is 0. The lowest BCUT2D eigenvalue weighted by atomic mass is 9.83. The van der Waals surface area contributed by atoms with Crippen LogP contribution in [-0.4, -0.2) is 5.97 Å². The zero-order valence-corrected chi connectivity index (χ0v) is 16.9. The Bertz CT molecular complexity index is 1200. The Morgan fingerprint density at radius 2 is 1.63 bits per heavy atom. The first-order chi connectivity index (χ1) is 14.5. The van der Waals surface area contributed by atoms with E-state index in [1.54, 1.807) is 54.6 Å². The highest BCUT2D eigenvalue weighted by Crippen LogP contribution is 2.43. The number of allylic oxidation sites excluding steroid dienone is 1. The summed E-state index contributed by atoms with van der Waals surface area (Å²) in [5, 5.41) is 10.7. The second-order valence-corrected chi connectivity index (χ2v) is 7.45. The first kappa shape index (κ1) is 19.8. The summed E-state index contributed by atoms with van der Waals surface area (Å²) in [5.41, 5.74) is 8.25. The second-order valence-electron chi connectivity index (χ2n) is 6.57. The van der Waals surface area contributed by atoms with Gasteiger partial charge in [0.15, 0.2) is 0 Å². The monoisotopic (exact) mass is 436 g/mol. The molecule has 0 aromatic heterocycles. The molecule has 0 saturated carbocycles. The van der Waals surface area contributed by atoms with E-state index in [4.69, 9.17) is 38.4 Å². The van der Waals surface area contributed by atoms with Crippen LogP contribution in [0.4, 0.5) is 0 Å². The molecule has 1 heterocycles. The Labute approximate surface area is 182 Å². The largest absolute Gasteiger partial charge is 0.440 e.